The number of para-hydroxylation sites is 1. The van der Waals surface area contributed by atoms with Crippen LogP contribution in [0.3, 0.4) is 0 Å². The van der Waals surface area contributed by atoms with Gasteiger partial charge in [-0.1, -0.05) is 18.2 Å². The molecule has 0 radical (unpaired) electrons. The molecule has 0 amide bonds. The second-order valence-electron chi connectivity index (χ2n) is 4.89. The van der Waals surface area contributed by atoms with Crippen LogP contribution in [-0.2, 0) is 6.54 Å². The van der Waals surface area contributed by atoms with Crippen molar-refractivity contribution in [2.75, 3.05) is 5.73 Å². The molecule has 0 bridgehead atoms. The molecule has 3 aromatic rings. The maximum absolute atomic E-state index is 6.06. The zero-order valence-corrected chi connectivity index (χ0v) is 11.1. The van der Waals surface area contributed by atoms with Crippen LogP contribution in [0.5, 0.6) is 0 Å². The molecule has 0 atom stereocenters. The number of nitrogens with zero attached hydrogens (tertiary/aromatic N) is 1. The SMILES string of the molecule is CCn1c2ccc(N)c(C)c2c2cccc(C)c21. The van der Waals surface area contributed by atoms with Gasteiger partial charge in [0.2, 0.25) is 0 Å². The van der Waals surface area contributed by atoms with E-state index in [-0.39, 0.29) is 0 Å². The van der Waals surface area contributed by atoms with Gasteiger partial charge >= 0.3 is 0 Å². The lowest BCUT2D eigenvalue weighted by molar-refractivity contribution is 0.825. The first-order valence-electron chi connectivity index (χ1n) is 6.41. The van der Waals surface area contributed by atoms with Crippen molar-refractivity contribution in [1.82, 2.24) is 4.57 Å². The molecule has 0 aliphatic heterocycles. The Morgan fingerprint density at radius 2 is 1.89 bits per heavy atom. The molecular formula is C16H18N2. The maximum atomic E-state index is 6.06. The fourth-order valence-corrected chi connectivity index (χ4v) is 2.95. The lowest BCUT2D eigenvalue weighted by Crippen LogP contribution is -1.95. The summed E-state index contributed by atoms with van der Waals surface area (Å²) < 4.78 is 2.38. The van der Waals surface area contributed by atoms with Crippen LogP contribution in [0.25, 0.3) is 21.8 Å². The zero-order chi connectivity index (χ0) is 12.9. The van der Waals surface area contributed by atoms with Crippen molar-refractivity contribution < 1.29 is 0 Å². The first-order chi connectivity index (χ1) is 8.65. The molecule has 2 nitrogen and oxygen atoms in total. The largest absolute Gasteiger partial charge is 0.398 e. The summed E-state index contributed by atoms with van der Waals surface area (Å²) in [5.41, 5.74) is 12.1. The van der Waals surface area contributed by atoms with Crippen molar-refractivity contribution in [3.05, 3.63) is 41.5 Å². The molecule has 1 aromatic heterocycles. The van der Waals surface area contributed by atoms with Crippen LogP contribution in [0.1, 0.15) is 18.1 Å². The molecule has 3 rings (SSSR count). The number of aryl methyl sites for hydroxylation is 3. The molecule has 2 heteroatoms. The predicted octanol–water partition coefficient (Wildman–Crippen LogP) is 4.01. The van der Waals surface area contributed by atoms with Crippen LogP contribution in [0.4, 0.5) is 5.69 Å². The van der Waals surface area contributed by atoms with Gasteiger partial charge < -0.3 is 10.3 Å². The minimum Gasteiger partial charge on any atom is -0.398 e. The molecule has 2 aromatic carbocycles. The Kier molecular flexibility index (Phi) is 2.34. The molecule has 2 N–H and O–H groups in total. The molecule has 0 aliphatic rings. The fourth-order valence-electron chi connectivity index (χ4n) is 2.95. The Labute approximate surface area is 107 Å². The van der Waals surface area contributed by atoms with Gasteiger partial charge in [0.25, 0.3) is 0 Å². The highest BCUT2D eigenvalue weighted by Crippen LogP contribution is 2.35. The van der Waals surface area contributed by atoms with E-state index in [1.54, 1.807) is 0 Å². The summed E-state index contributed by atoms with van der Waals surface area (Å²) in [4.78, 5) is 0. The summed E-state index contributed by atoms with van der Waals surface area (Å²) in [6, 6.07) is 10.6. The molecule has 0 spiro atoms. The van der Waals surface area contributed by atoms with Crippen LogP contribution in [0, 0.1) is 13.8 Å². The van der Waals surface area contributed by atoms with E-state index in [2.05, 4.69) is 49.6 Å². The van der Waals surface area contributed by atoms with Gasteiger partial charge in [-0.3, -0.25) is 0 Å². The number of nitrogens with two attached hydrogens (primary N) is 1. The monoisotopic (exact) mass is 238 g/mol. The zero-order valence-electron chi connectivity index (χ0n) is 11.1. The van der Waals surface area contributed by atoms with Crippen LogP contribution in [0.15, 0.2) is 30.3 Å². The van der Waals surface area contributed by atoms with E-state index in [1.807, 2.05) is 6.07 Å². The average molecular weight is 238 g/mol. The molecule has 18 heavy (non-hydrogen) atoms. The van der Waals surface area contributed by atoms with E-state index in [4.69, 9.17) is 5.73 Å². The third kappa shape index (κ3) is 1.29. The minimum atomic E-state index is 0.874. The third-order valence-electron chi connectivity index (χ3n) is 3.87. The topological polar surface area (TPSA) is 30.9 Å². The van der Waals surface area contributed by atoms with Gasteiger partial charge in [-0.2, -0.15) is 0 Å². The molecule has 0 unspecified atom stereocenters. The van der Waals surface area contributed by atoms with Crippen molar-refractivity contribution in [1.29, 1.82) is 0 Å². The van der Waals surface area contributed by atoms with E-state index in [0.717, 1.165) is 12.2 Å². The Hall–Kier alpha value is -1.96. The number of aromatic nitrogens is 1. The third-order valence-corrected chi connectivity index (χ3v) is 3.87. The highest BCUT2D eigenvalue weighted by Gasteiger charge is 2.13. The van der Waals surface area contributed by atoms with E-state index >= 15 is 0 Å². The standard InChI is InChI=1S/C16H18N2/c1-4-18-14-9-8-13(17)11(3)15(14)12-7-5-6-10(2)16(12)18/h5-9H,4,17H2,1-3H3. The normalized spacial score (nSPS) is 11.5. The van der Waals surface area contributed by atoms with Gasteiger partial charge in [-0.05, 0) is 44.0 Å². The molecule has 1 heterocycles. The first-order valence-corrected chi connectivity index (χ1v) is 6.41. The van der Waals surface area contributed by atoms with E-state index in [0.29, 0.717) is 0 Å². The Bertz CT molecular complexity index is 751. The highest BCUT2D eigenvalue weighted by atomic mass is 15.0. The Balaban J connectivity index is 2.67. The quantitative estimate of drug-likeness (QED) is 0.638. The smallest absolute Gasteiger partial charge is 0.0521 e. The van der Waals surface area contributed by atoms with Gasteiger partial charge in [0.1, 0.15) is 0 Å². The molecule has 0 aliphatic carbocycles. The molecule has 0 saturated carbocycles. The molecule has 0 fully saturated rings. The lowest BCUT2D eigenvalue weighted by atomic mass is 10.0. The van der Waals surface area contributed by atoms with Crippen molar-refractivity contribution in [3.63, 3.8) is 0 Å². The van der Waals surface area contributed by atoms with Crippen LogP contribution in [0.2, 0.25) is 0 Å². The number of anilines is 1. The number of nitrogen functional groups attached to an aromatic ring is 1. The van der Waals surface area contributed by atoms with Crippen LogP contribution >= 0.6 is 0 Å². The summed E-state index contributed by atoms with van der Waals surface area (Å²) in [5.74, 6) is 0. The van der Waals surface area contributed by atoms with Gasteiger partial charge in [-0.15, -0.1) is 0 Å². The second-order valence-corrected chi connectivity index (χ2v) is 4.89. The number of fused-ring (bicyclic) bond motifs is 3. The van der Waals surface area contributed by atoms with E-state index < -0.39 is 0 Å². The summed E-state index contributed by atoms with van der Waals surface area (Å²) in [6.45, 7) is 7.46. The van der Waals surface area contributed by atoms with Crippen molar-refractivity contribution in [2.45, 2.75) is 27.3 Å². The number of hydrogen-bond donors (Lipinski definition) is 1. The average Bonchev–Trinajstić information content (AvgIpc) is 2.69. The summed E-state index contributed by atoms with van der Waals surface area (Å²) in [5, 5.41) is 2.62. The van der Waals surface area contributed by atoms with E-state index in [9.17, 15) is 0 Å². The van der Waals surface area contributed by atoms with Crippen molar-refractivity contribution >= 4 is 27.5 Å². The molecular weight excluding hydrogens is 220 g/mol. The molecule has 0 saturated heterocycles. The highest BCUT2D eigenvalue weighted by molar-refractivity contribution is 6.11. The lowest BCUT2D eigenvalue weighted by Gasteiger charge is -2.06. The van der Waals surface area contributed by atoms with Crippen molar-refractivity contribution in [2.24, 2.45) is 0 Å². The second kappa shape index (κ2) is 3.77. The Morgan fingerprint density at radius 3 is 2.61 bits per heavy atom. The van der Waals surface area contributed by atoms with E-state index in [1.165, 1.54) is 32.9 Å². The van der Waals surface area contributed by atoms with Crippen LogP contribution < -0.4 is 5.73 Å². The van der Waals surface area contributed by atoms with Gasteiger partial charge in [0.05, 0.1) is 5.52 Å². The van der Waals surface area contributed by atoms with Crippen LogP contribution in [-0.4, -0.2) is 4.57 Å². The summed E-state index contributed by atoms with van der Waals surface area (Å²) in [6.07, 6.45) is 0. The minimum absolute atomic E-state index is 0.874. The maximum Gasteiger partial charge on any atom is 0.0521 e. The van der Waals surface area contributed by atoms with Crippen molar-refractivity contribution in [3.8, 4) is 0 Å². The van der Waals surface area contributed by atoms with Gasteiger partial charge in [0.15, 0.2) is 0 Å². The number of benzene rings is 2. The molecule has 92 valence electrons. The van der Waals surface area contributed by atoms with Gasteiger partial charge in [0, 0.05) is 28.5 Å². The number of hydrogen-bond acceptors (Lipinski definition) is 1. The summed E-state index contributed by atoms with van der Waals surface area (Å²) >= 11 is 0. The first kappa shape index (κ1) is 11.1. The fraction of sp³-hybridized carbons (Fsp3) is 0.250. The number of rotatable bonds is 1. The predicted molar refractivity (Wildman–Crippen MR) is 79.0 cm³/mol. The van der Waals surface area contributed by atoms with Gasteiger partial charge in [-0.25, -0.2) is 0 Å². The Morgan fingerprint density at radius 1 is 1.11 bits per heavy atom. The summed E-state index contributed by atoms with van der Waals surface area (Å²) in [7, 11) is 0.